The maximum atomic E-state index is 15.4. The second kappa shape index (κ2) is 45.8. The predicted octanol–water partition coefficient (Wildman–Crippen LogP) is -3.24. The number of aliphatic carboxylic acids is 2. The number of carbonyl (C=O) groups excluding carboxylic acids is 12. The smallest absolute Gasteiger partial charge is 0.475 e. The molecule has 1 aromatic rings. The maximum absolute atomic E-state index is 15.4. The van der Waals surface area contributed by atoms with Crippen molar-refractivity contribution in [3.8, 4) is 0 Å². The molecular weight excluding hydrogens is 1440 g/mol. The summed E-state index contributed by atoms with van der Waals surface area (Å²) in [7, 11) is 0. The first-order chi connectivity index (χ1) is 49.6. The number of amides is 11. The Balaban J connectivity index is 0.00000369. The second-order valence-corrected chi connectivity index (χ2v) is 26.8. The van der Waals surface area contributed by atoms with Crippen molar-refractivity contribution in [3.63, 3.8) is 0 Å². The molecule has 1 aliphatic carbocycles. The minimum Gasteiger partial charge on any atom is -0.475 e. The van der Waals surface area contributed by atoms with Gasteiger partial charge in [0.15, 0.2) is 24.2 Å². The number of nitrogens with two attached hydrogens (primary N) is 4. The number of esters is 1. The fourth-order valence-corrected chi connectivity index (χ4v) is 10.5. The molecule has 2 fully saturated rings. The van der Waals surface area contributed by atoms with Crippen molar-refractivity contribution in [1.29, 1.82) is 0 Å². The Labute approximate surface area is 612 Å². The average Bonchev–Trinajstić information content (AvgIpc) is 0.814. The van der Waals surface area contributed by atoms with Crippen molar-refractivity contribution in [1.82, 2.24) is 53.2 Å². The zero-order valence-electron chi connectivity index (χ0n) is 60.6. The molecule has 1 heterocycles. The Kier molecular flexibility index (Phi) is 40.9. The number of nitrogens with one attached hydrogen (secondary N) is 10. The van der Waals surface area contributed by atoms with Gasteiger partial charge in [0, 0.05) is 6.54 Å². The molecule has 15 atom stereocenters. The van der Waals surface area contributed by atoms with Crippen LogP contribution in [0.1, 0.15) is 145 Å². The van der Waals surface area contributed by atoms with Crippen LogP contribution in [-0.4, -0.2) is 230 Å². The molecule has 2 aliphatic rings. The number of ether oxygens (including phenoxy) is 1. The first-order valence-corrected chi connectivity index (χ1v) is 34.2. The summed E-state index contributed by atoms with van der Waals surface area (Å²) in [5, 5.41) is 82.7. The fraction of sp³-hybridized carbons (Fsp3) is 0.677. The molecule has 606 valence electrons. The van der Waals surface area contributed by atoms with Gasteiger partial charge in [0.1, 0.15) is 48.3 Å². The largest absolute Gasteiger partial charge is 0.490 e. The topological polar surface area (TPSA) is 606 Å². The summed E-state index contributed by atoms with van der Waals surface area (Å²) in [6, 6.07) is -10.6. The van der Waals surface area contributed by atoms with Crippen LogP contribution in [0.25, 0.3) is 0 Å². The van der Waals surface area contributed by atoms with Crippen LogP contribution >= 0.6 is 0 Å². The van der Waals surface area contributed by atoms with Crippen LogP contribution in [0.4, 0.5) is 26.3 Å². The van der Waals surface area contributed by atoms with Crippen molar-refractivity contribution >= 4 is 88.8 Å². The van der Waals surface area contributed by atoms with E-state index < -0.39 is 205 Å². The van der Waals surface area contributed by atoms with Gasteiger partial charge in [-0.2, -0.15) is 26.3 Å². The first-order valence-electron chi connectivity index (χ1n) is 34.2. The van der Waals surface area contributed by atoms with Crippen molar-refractivity contribution in [3.05, 3.63) is 35.9 Å². The molecule has 3 rings (SSSR count). The van der Waals surface area contributed by atoms with Crippen molar-refractivity contribution in [2.75, 3.05) is 19.7 Å². The molecule has 2 unspecified atom stereocenters. The van der Waals surface area contributed by atoms with E-state index in [2.05, 4.69) is 47.5 Å². The summed E-state index contributed by atoms with van der Waals surface area (Å²) in [6.45, 7) is 11.8. The zero-order chi connectivity index (χ0) is 82.1. The number of hydrogen-bond donors (Lipinski definition) is 20. The number of aliphatic hydroxyl groups excluding tert-OH is 4. The highest BCUT2D eigenvalue weighted by atomic mass is 19.4. The summed E-state index contributed by atoms with van der Waals surface area (Å²) in [6.07, 6.45) is -13.4. The fourth-order valence-electron chi connectivity index (χ4n) is 10.5. The molecule has 1 saturated heterocycles. The van der Waals surface area contributed by atoms with Crippen LogP contribution in [0.2, 0.25) is 0 Å². The lowest BCUT2D eigenvalue weighted by Crippen LogP contribution is -2.64. The van der Waals surface area contributed by atoms with Gasteiger partial charge in [0.25, 0.3) is 0 Å². The van der Waals surface area contributed by atoms with Gasteiger partial charge in [-0.1, -0.05) is 124 Å². The Morgan fingerprint density at radius 2 is 1.13 bits per heavy atom. The highest BCUT2D eigenvalue weighted by molar-refractivity contribution is 6.00. The third kappa shape index (κ3) is 34.3. The van der Waals surface area contributed by atoms with Crippen LogP contribution in [0.15, 0.2) is 35.3 Å². The van der Waals surface area contributed by atoms with Gasteiger partial charge >= 0.3 is 30.3 Å². The number of primary amides is 1. The van der Waals surface area contributed by atoms with Gasteiger partial charge in [-0.15, -0.1) is 0 Å². The van der Waals surface area contributed by atoms with Gasteiger partial charge in [-0.25, -0.2) is 14.4 Å². The number of carboxylic acids is 2. The summed E-state index contributed by atoms with van der Waals surface area (Å²) in [5.74, 6) is -22.4. The summed E-state index contributed by atoms with van der Waals surface area (Å²) in [5.41, 5.74) is 22.9. The SMILES string of the molecule is CC[C@H](C)C1NC(=O)[C@@H](CCCN=C(N)N)NC(=O)[C@H](CC(C)C)NC(=O)[C@H]([C@H](O)C(C)C)NC(=O)[C@@H](NC(=O)[C@H](CC(C)C)NC(=O)[C@@H](N)CC2CCCCC2)[C@@H](c2ccccc2)OC(=O)[C@H](CO)NC(=O)[C@H]([C@H](O)C(N)=O)NC(=O)CNC(=O)C([C@H](C)O)NC1=O.O=C(O)C(F)(F)F.O=C(O)C(F)(F)F. The number of cyclic esters (lactones) is 1. The normalized spacial score (nSPS) is 23.6. The summed E-state index contributed by atoms with van der Waals surface area (Å²) >= 11 is 0. The molecule has 24 N–H and O–H groups in total. The third-order valence-electron chi connectivity index (χ3n) is 16.5. The van der Waals surface area contributed by atoms with Crippen molar-refractivity contribution < 1.29 is 129 Å². The Morgan fingerprint density at radius 3 is 1.62 bits per heavy atom. The Bertz CT molecular complexity index is 3160. The summed E-state index contributed by atoms with van der Waals surface area (Å²) in [4.78, 5) is 193. The highest BCUT2D eigenvalue weighted by Crippen LogP contribution is 2.28. The number of aliphatic hydroxyl groups is 4. The van der Waals surface area contributed by atoms with Crippen LogP contribution in [0.3, 0.4) is 0 Å². The van der Waals surface area contributed by atoms with E-state index in [9.17, 15) is 99.5 Å². The van der Waals surface area contributed by atoms with Gasteiger partial charge in [0.05, 0.1) is 31.4 Å². The zero-order valence-corrected chi connectivity index (χ0v) is 60.6. The lowest BCUT2D eigenvalue weighted by atomic mass is 9.85. The number of nitrogens with zero attached hydrogens (tertiary/aromatic N) is 1. The molecule has 107 heavy (non-hydrogen) atoms. The van der Waals surface area contributed by atoms with E-state index in [0.717, 1.165) is 39.0 Å². The molecule has 11 amide bonds. The van der Waals surface area contributed by atoms with E-state index in [1.807, 2.05) is 10.6 Å². The van der Waals surface area contributed by atoms with Crippen LogP contribution in [0, 0.1) is 29.6 Å². The monoisotopic (exact) mass is 1540 g/mol. The van der Waals surface area contributed by atoms with E-state index in [-0.39, 0.29) is 67.9 Å². The molecule has 0 aromatic heterocycles. The molecular formula is C65H103F6N15O21. The number of alkyl halides is 6. The Morgan fingerprint density at radius 1 is 0.626 bits per heavy atom. The van der Waals surface area contributed by atoms with E-state index in [1.165, 1.54) is 44.2 Å². The molecule has 1 aromatic carbocycles. The molecule has 0 bridgehead atoms. The van der Waals surface area contributed by atoms with E-state index in [4.69, 9.17) is 47.5 Å². The molecule has 36 nitrogen and oxygen atoms in total. The Hall–Kier alpha value is -9.55. The van der Waals surface area contributed by atoms with Gasteiger partial charge < -0.3 is 111 Å². The van der Waals surface area contributed by atoms with Crippen molar-refractivity contribution in [2.45, 2.75) is 230 Å². The molecule has 42 heteroatoms. The number of carboxylic acid groups (broad SMARTS) is 2. The van der Waals surface area contributed by atoms with E-state index in [1.54, 1.807) is 41.5 Å². The van der Waals surface area contributed by atoms with Gasteiger partial charge in [-0.3, -0.25) is 57.7 Å². The second-order valence-electron chi connectivity index (χ2n) is 26.8. The van der Waals surface area contributed by atoms with Crippen LogP contribution in [-0.2, 0) is 71.9 Å². The highest BCUT2D eigenvalue weighted by Gasteiger charge is 2.45. The first kappa shape index (κ1) is 95.5. The van der Waals surface area contributed by atoms with E-state index >= 15 is 4.79 Å². The summed E-state index contributed by atoms with van der Waals surface area (Å²) < 4.78 is 69.4. The van der Waals surface area contributed by atoms with Crippen LogP contribution in [0.5, 0.6) is 0 Å². The lowest BCUT2D eigenvalue weighted by Gasteiger charge is -2.34. The van der Waals surface area contributed by atoms with Crippen molar-refractivity contribution in [2.24, 2.45) is 57.5 Å². The maximum Gasteiger partial charge on any atom is 0.490 e. The predicted molar refractivity (Wildman–Crippen MR) is 365 cm³/mol. The third-order valence-corrected chi connectivity index (χ3v) is 16.5. The van der Waals surface area contributed by atoms with Gasteiger partial charge in [0.2, 0.25) is 65.0 Å². The minimum atomic E-state index is -5.08. The molecule has 1 aliphatic heterocycles. The number of hydrogen-bond acceptors (Lipinski definition) is 21. The number of carbonyl (C=O) groups is 14. The lowest BCUT2D eigenvalue weighted by molar-refractivity contribution is -0.193. The number of guanidine groups is 1. The number of halogens is 6. The molecule has 0 radical (unpaired) electrons. The standard InChI is InChI=1S/C61H101N15O17.2C2HF3O2/c1-10-32(8)42-56(88)74-43(33(9)78)55(87)67-27-41(79)72-45(48(81)50(63)82)58(90)71-40(28-77)60(92)93-49(35-20-15-12-16-21-35)46(76-54(86)39(25-30(4)5)69-51(83)36(62)26-34-18-13-11-14-19-34)59(91)75-44(47(80)31(6)7)57(89)70-38(24-29(2)3)53(85)68-37(52(84)73-42)22-17-23-66-61(64)65;2*3-2(4,5)1(6)7/h12,15-16,20-21,29-34,36-40,42-49,77-78,80-81H,10-11,13-14,17-19,22-28,62H2,1-9H3,(H2,63,82)(H,67,87)(H,68,85)(H,69,83)(H,70,89)(H,71,90)(H,72,79)(H,73,84)(H,74,88)(H,75,91)(H,76,86)(H4,64,65,66);2*(H,6,7)/t32-,33-,36-,37+,38-,39-,40-,42?,43?,44-,45-,46-,47+,48-,49+;;/m0../s1. The number of aliphatic imine (C=N–C) groups is 1. The minimum absolute atomic E-state index is 0.0456. The van der Waals surface area contributed by atoms with Crippen LogP contribution < -0.4 is 76.1 Å². The van der Waals surface area contributed by atoms with Gasteiger partial charge in [-0.05, 0) is 74.2 Å². The van der Waals surface area contributed by atoms with E-state index in [0.29, 0.717) is 6.42 Å². The number of benzene rings is 1. The number of rotatable bonds is 23. The average molecular weight is 1540 g/mol. The quantitative estimate of drug-likeness (QED) is 0.0168. The molecule has 0 spiro atoms. The molecule has 1 saturated carbocycles.